The Morgan fingerprint density at radius 2 is 2.08 bits per heavy atom. The Balaban J connectivity index is 1.40. The van der Waals surface area contributed by atoms with Crippen LogP contribution in [0.5, 0.6) is 11.5 Å². The largest absolute Gasteiger partial charge is 0.454 e. The monoisotopic (exact) mass is 376 g/mol. The van der Waals surface area contributed by atoms with Crippen molar-refractivity contribution in [3.8, 4) is 11.5 Å². The molecule has 7 heteroatoms. The van der Waals surface area contributed by atoms with E-state index in [9.17, 15) is 9.59 Å². The first-order valence-electron chi connectivity index (χ1n) is 9.27. The molecule has 2 atom stereocenters. The molecule has 3 aliphatic rings. The second-order valence-corrected chi connectivity index (χ2v) is 8.23. The van der Waals surface area contributed by atoms with E-state index >= 15 is 0 Å². The van der Waals surface area contributed by atoms with E-state index in [1.54, 1.807) is 11.8 Å². The molecule has 1 N–H and O–H groups in total. The van der Waals surface area contributed by atoms with Crippen molar-refractivity contribution in [2.45, 2.75) is 50.6 Å². The van der Waals surface area contributed by atoms with Gasteiger partial charge in [0, 0.05) is 18.2 Å². The molecule has 1 saturated carbocycles. The predicted octanol–water partition coefficient (Wildman–Crippen LogP) is 2.51. The lowest BCUT2D eigenvalue weighted by atomic mass is 10.1. The van der Waals surface area contributed by atoms with Gasteiger partial charge in [0.15, 0.2) is 11.5 Å². The molecule has 1 aromatic rings. The highest BCUT2D eigenvalue weighted by Crippen LogP contribution is 2.39. The van der Waals surface area contributed by atoms with Crippen molar-refractivity contribution < 1.29 is 19.1 Å². The Morgan fingerprint density at radius 3 is 2.85 bits per heavy atom. The van der Waals surface area contributed by atoms with E-state index in [1.165, 1.54) is 0 Å². The molecule has 1 saturated heterocycles. The Morgan fingerprint density at radius 1 is 1.27 bits per heavy atom. The van der Waals surface area contributed by atoms with E-state index in [1.807, 2.05) is 23.1 Å². The highest BCUT2D eigenvalue weighted by atomic mass is 32.2. The van der Waals surface area contributed by atoms with Gasteiger partial charge in [-0.2, -0.15) is 0 Å². The number of amides is 2. The summed E-state index contributed by atoms with van der Waals surface area (Å²) in [6, 6.07) is 5.30. The van der Waals surface area contributed by atoms with Crippen LogP contribution >= 0.6 is 11.8 Å². The van der Waals surface area contributed by atoms with Gasteiger partial charge in [0.1, 0.15) is 6.04 Å². The third-order valence-corrected chi connectivity index (χ3v) is 6.37. The molecule has 2 fully saturated rings. The molecule has 0 radical (unpaired) electrons. The van der Waals surface area contributed by atoms with Gasteiger partial charge in [0.25, 0.3) is 0 Å². The minimum absolute atomic E-state index is 0.0669. The van der Waals surface area contributed by atoms with Crippen LogP contribution in [0.1, 0.15) is 38.2 Å². The van der Waals surface area contributed by atoms with Crippen molar-refractivity contribution in [1.29, 1.82) is 0 Å². The van der Waals surface area contributed by atoms with Gasteiger partial charge < -0.3 is 19.7 Å². The van der Waals surface area contributed by atoms with E-state index in [4.69, 9.17) is 9.47 Å². The lowest BCUT2D eigenvalue weighted by Gasteiger charge is -2.29. The molecule has 2 aliphatic heterocycles. The maximum Gasteiger partial charge on any atom is 0.243 e. The van der Waals surface area contributed by atoms with E-state index in [2.05, 4.69) is 12.2 Å². The van der Waals surface area contributed by atoms with Crippen molar-refractivity contribution in [2.75, 3.05) is 12.5 Å². The number of ether oxygens (including phenoxy) is 2. The van der Waals surface area contributed by atoms with Crippen LogP contribution in [0.4, 0.5) is 0 Å². The summed E-state index contributed by atoms with van der Waals surface area (Å²) >= 11 is 1.73. The van der Waals surface area contributed by atoms with Crippen molar-refractivity contribution in [3.05, 3.63) is 23.8 Å². The van der Waals surface area contributed by atoms with E-state index in [0.29, 0.717) is 18.0 Å². The minimum Gasteiger partial charge on any atom is -0.454 e. The van der Waals surface area contributed by atoms with Crippen LogP contribution in [0.25, 0.3) is 0 Å². The average molecular weight is 376 g/mol. The van der Waals surface area contributed by atoms with Gasteiger partial charge in [0.05, 0.1) is 5.37 Å². The first-order chi connectivity index (χ1) is 12.7. The summed E-state index contributed by atoms with van der Waals surface area (Å²) in [5, 5.41) is 3.13. The first kappa shape index (κ1) is 17.5. The quantitative estimate of drug-likeness (QED) is 0.826. The third kappa shape index (κ3) is 3.49. The summed E-state index contributed by atoms with van der Waals surface area (Å²) in [7, 11) is 0. The molecular weight excluding hydrogens is 352 g/mol. The van der Waals surface area contributed by atoms with Crippen LogP contribution in [0.2, 0.25) is 0 Å². The average Bonchev–Trinajstić information content (AvgIpc) is 3.25. The number of thioether (sulfide) groups is 1. The standard InChI is InChI=1S/C19H24N2O4S/c1-2-3-17-21(19(23)13-5-6-13)14(10-26-17)18(22)20-9-12-4-7-15-16(8-12)25-11-24-15/h4,7-8,13-14,17H,2-3,5-6,9-11H2,1H3,(H,20,22). The van der Waals surface area contributed by atoms with Crippen LogP contribution in [-0.2, 0) is 16.1 Å². The summed E-state index contributed by atoms with van der Waals surface area (Å²) in [6.07, 6.45) is 3.88. The van der Waals surface area contributed by atoms with Gasteiger partial charge in [-0.15, -0.1) is 11.8 Å². The van der Waals surface area contributed by atoms with Crippen molar-refractivity contribution in [2.24, 2.45) is 5.92 Å². The van der Waals surface area contributed by atoms with E-state index in [-0.39, 0.29) is 35.9 Å². The molecule has 2 amide bonds. The Labute approximate surface area is 157 Å². The van der Waals surface area contributed by atoms with Crippen LogP contribution in [0.15, 0.2) is 18.2 Å². The fourth-order valence-corrected chi connectivity index (χ4v) is 4.96. The minimum atomic E-state index is -0.362. The summed E-state index contributed by atoms with van der Waals surface area (Å²) in [5.74, 6) is 2.35. The molecular formula is C19H24N2O4S. The van der Waals surface area contributed by atoms with Crippen molar-refractivity contribution in [3.63, 3.8) is 0 Å². The molecule has 2 unspecified atom stereocenters. The van der Waals surface area contributed by atoms with Crippen LogP contribution in [0.3, 0.4) is 0 Å². The number of nitrogens with one attached hydrogen (secondary N) is 1. The Hall–Kier alpha value is -1.89. The van der Waals surface area contributed by atoms with Gasteiger partial charge in [0.2, 0.25) is 18.6 Å². The molecule has 4 rings (SSSR count). The summed E-state index contributed by atoms with van der Waals surface area (Å²) in [6.45, 7) is 2.77. The second kappa shape index (κ2) is 7.39. The number of fused-ring (bicyclic) bond motifs is 1. The van der Waals surface area contributed by atoms with E-state index in [0.717, 1.165) is 37.0 Å². The zero-order valence-electron chi connectivity index (χ0n) is 14.9. The zero-order valence-corrected chi connectivity index (χ0v) is 15.7. The fraction of sp³-hybridized carbons (Fsp3) is 0.579. The number of carbonyl (C=O) groups is 2. The topological polar surface area (TPSA) is 67.9 Å². The Bertz CT molecular complexity index is 707. The smallest absolute Gasteiger partial charge is 0.243 e. The summed E-state index contributed by atoms with van der Waals surface area (Å²) in [4.78, 5) is 27.4. The van der Waals surface area contributed by atoms with Crippen LogP contribution in [-0.4, -0.2) is 40.7 Å². The molecule has 0 bridgehead atoms. The first-order valence-corrected chi connectivity index (χ1v) is 10.3. The van der Waals surface area contributed by atoms with Gasteiger partial charge >= 0.3 is 0 Å². The molecule has 1 aromatic carbocycles. The van der Waals surface area contributed by atoms with Crippen LogP contribution < -0.4 is 14.8 Å². The SMILES string of the molecule is CCCC1SCC(C(=O)NCc2ccc3c(c2)OCO3)N1C(=O)C1CC1. The highest BCUT2D eigenvalue weighted by molar-refractivity contribution is 8.00. The number of hydrogen-bond acceptors (Lipinski definition) is 5. The van der Waals surface area contributed by atoms with Crippen LogP contribution in [0, 0.1) is 5.92 Å². The molecule has 26 heavy (non-hydrogen) atoms. The number of hydrogen-bond donors (Lipinski definition) is 1. The van der Waals surface area contributed by atoms with Gasteiger partial charge in [-0.25, -0.2) is 0 Å². The normalized spacial score (nSPS) is 24.0. The molecule has 2 heterocycles. The predicted molar refractivity (Wildman–Crippen MR) is 98.9 cm³/mol. The molecule has 1 aliphatic carbocycles. The van der Waals surface area contributed by atoms with E-state index < -0.39 is 0 Å². The summed E-state index contributed by atoms with van der Waals surface area (Å²) < 4.78 is 10.7. The second-order valence-electron chi connectivity index (χ2n) is 7.02. The highest BCUT2D eigenvalue weighted by Gasteiger charge is 2.45. The summed E-state index contributed by atoms with van der Waals surface area (Å²) in [5.41, 5.74) is 0.957. The number of rotatable bonds is 6. The molecule has 0 spiro atoms. The van der Waals surface area contributed by atoms with Gasteiger partial charge in [-0.05, 0) is 37.0 Å². The molecule has 0 aromatic heterocycles. The third-order valence-electron chi connectivity index (χ3n) is 5.02. The molecule has 6 nitrogen and oxygen atoms in total. The number of nitrogens with zero attached hydrogens (tertiary/aromatic N) is 1. The number of benzene rings is 1. The lowest BCUT2D eigenvalue weighted by Crippen LogP contribution is -2.50. The maximum absolute atomic E-state index is 12.8. The number of carbonyl (C=O) groups excluding carboxylic acids is 2. The lowest BCUT2D eigenvalue weighted by molar-refractivity contribution is -0.140. The maximum atomic E-state index is 12.8. The van der Waals surface area contributed by atoms with Gasteiger partial charge in [-0.1, -0.05) is 19.4 Å². The van der Waals surface area contributed by atoms with Crippen molar-refractivity contribution in [1.82, 2.24) is 10.2 Å². The van der Waals surface area contributed by atoms with Gasteiger partial charge in [-0.3, -0.25) is 9.59 Å². The van der Waals surface area contributed by atoms with Crippen molar-refractivity contribution >= 4 is 23.6 Å². The Kier molecular flexibility index (Phi) is 4.98. The zero-order chi connectivity index (χ0) is 18.1. The molecule has 140 valence electrons. The fourth-order valence-electron chi connectivity index (χ4n) is 3.43.